The summed E-state index contributed by atoms with van der Waals surface area (Å²) in [4.78, 5) is 13.1. The fourth-order valence-corrected chi connectivity index (χ4v) is 1.39. The first-order valence-corrected chi connectivity index (χ1v) is 4.70. The Morgan fingerprint density at radius 2 is 2.08 bits per heavy atom. The van der Waals surface area contributed by atoms with Gasteiger partial charge in [0.05, 0.1) is 6.04 Å². The van der Waals surface area contributed by atoms with Crippen LogP contribution in [0.1, 0.15) is 26.2 Å². The molecule has 0 amide bonds. The van der Waals surface area contributed by atoms with Gasteiger partial charge in [-0.25, -0.2) is 0 Å². The first kappa shape index (κ1) is 12.6. The predicted octanol–water partition coefficient (Wildman–Crippen LogP) is 0.139. The lowest BCUT2D eigenvalue weighted by atomic mass is 10.1. The van der Waals surface area contributed by atoms with Crippen molar-refractivity contribution in [1.82, 2.24) is 10.3 Å². The summed E-state index contributed by atoms with van der Waals surface area (Å²) in [5.74, 6) is 5.38. The molecule has 0 aromatic rings. The minimum absolute atomic E-state index is 0.0674. The molecular formula is C9H21N3O. The summed E-state index contributed by atoms with van der Waals surface area (Å²) in [6, 6.07) is 0.0674. The molecule has 0 radical (unpaired) electrons. The number of carbonyl (C=O) groups excluding carboxylic acids is 1. The maximum Gasteiger partial charge on any atom is 0.146 e. The van der Waals surface area contributed by atoms with Crippen LogP contribution in [0.4, 0.5) is 0 Å². The highest BCUT2D eigenvalue weighted by Gasteiger charge is 2.15. The fraction of sp³-hybridized carbons (Fsp3) is 0.889. The Morgan fingerprint density at radius 1 is 1.46 bits per heavy atom. The lowest BCUT2D eigenvalue weighted by molar-refractivity contribution is -0.121. The number of nitrogens with one attached hydrogen (secondary N) is 1. The number of nitrogens with two attached hydrogens (primary N) is 1. The first-order valence-electron chi connectivity index (χ1n) is 4.70. The van der Waals surface area contributed by atoms with Crippen LogP contribution in [0.25, 0.3) is 0 Å². The summed E-state index contributed by atoms with van der Waals surface area (Å²) in [5.41, 5.74) is 2.60. The second kappa shape index (κ2) is 7.00. The lowest BCUT2D eigenvalue weighted by Crippen LogP contribution is -2.34. The zero-order valence-electron chi connectivity index (χ0n) is 8.84. The molecule has 0 bridgehead atoms. The van der Waals surface area contributed by atoms with Gasteiger partial charge in [-0.2, -0.15) is 0 Å². The van der Waals surface area contributed by atoms with Gasteiger partial charge in [0.25, 0.3) is 0 Å². The molecule has 0 heterocycles. The molecule has 13 heavy (non-hydrogen) atoms. The van der Waals surface area contributed by atoms with Crippen molar-refractivity contribution in [3.8, 4) is 0 Å². The molecule has 0 aliphatic carbocycles. The van der Waals surface area contributed by atoms with Crippen LogP contribution in [0.3, 0.4) is 0 Å². The molecule has 1 unspecified atom stereocenters. The zero-order chi connectivity index (χ0) is 10.3. The number of hydrogen-bond donors (Lipinski definition) is 2. The maximum atomic E-state index is 11.2. The molecule has 0 spiro atoms. The van der Waals surface area contributed by atoms with Crippen molar-refractivity contribution in [2.75, 3.05) is 20.6 Å². The zero-order valence-corrected chi connectivity index (χ0v) is 8.84. The number of hydrazine groups is 1. The Balaban J connectivity index is 3.64. The van der Waals surface area contributed by atoms with Gasteiger partial charge >= 0.3 is 0 Å². The molecule has 0 rings (SSSR count). The van der Waals surface area contributed by atoms with E-state index in [2.05, 4.69) is 5.43 Å². The molecule has 1 atom stereocenters. The first-order chi connectivity index (χ1) is 6.09. The molecule has 0 saturated heterocycles. The van der Waals surface area contributed by atoms with E-state index in [4.69, 9.17) is 5.84 Å². The Bertz CT molecular complexity index is 148. The summed E-state index contributed by atoms with van der Waals surface area (Å²) >= 11 is 0. The van der Waals surface area contributed by atoms with Crippen LogP contribution in [0, 0.1) is 0 Å². The van der Waals surface area contributed by atoms with Gasteiger partial charge in [0, 0.05) is 6.54 Å². The van der Waals surface area contributed by atoms with Crippen molar-refractivity contribution < 1.29 is 4.79 Å². The number of ketones is 1. The molecule has 0 saturated carbocycles. The average molecular weight is 187 g/mol. The third kappa shape index (κ3) is 5.74. The lowest BCUT2D eigenvalue weighted by Gasteiger charge is -2.21. The highest BCUT2D eigenvalue weighted by molar-refractivity contribution is 5.81. The molecule has 0 aliphatic heterocycles. The number of carbonyl (C=O) groups is 1. The second-order valence-electron chi connectivity index (χ2n) is 3.54. The summed E-state index contributed by atoms with van der Waals surface area (Å²) in [6.07, 6.45) is 2.98. The van der Waals surface area contributed by atoms with E-state index in [0.717, 1.165) is 25.8 Å². The van der Waals surface area contributed by atoms with Crippen LogP contribution < -0.4 is 11.3 Å². The Morgan fingerprint density at radius 3 is 2.46 bits per heavy atom. The van der Waals surface area contributed by atoms with Crippen LogP contribution in [0.15, 0.2) is 0 Å². The van der Waals surface area contributed by atoms with Crippen molar-refractivity contribution in [3.05, 3.63) is 0 Å². The Labute approximate surface area is 80.4 Å². The van der Waals surface area contributed by atoms with E-state index in [1.54, 1.807) is 6.92 Å². The predicted molar refractivity (Wildman–Crippen MR) is 54.2 cm³/mol. The monoisotopic (exact) mass is 187 g/mol. The van der Waals surface area contributed by atoms with Gasteiger partial charge in [-0.1, -0.05) is 6.42 Å². The van der Waals surface area contributed by atoms with E-state index in [1.165, 1.54) is 0 Å². The summed E-state index contributed by atoms with van der Waals surface area (Å²) < 4.78 is 0. The molecule has 4 heteroatoms. The molecule has 0 aliphatic rings. The average Bonchev–Trinajstić information content (AvgIpc) is 2.02. The molecule has 78 valence electrons. The van der Waals surface area contributed by atoms with Crippen molar-refractivity contribution >= 4 is 5.78 Å². The van der Waals surface area contributed by atoms with Gasteiger partial charge in [0.1, 0.15) is 5.78 Å². The summed E-state index contributed by atoms with van der Waals surface area (Å²) in [7, 11) is 3.88. The van der Waals surface area contributed by atoms with E-state index in [0.29, 0.717) is 0 Å². The van der Waals surface area contributed by atoms with Crippen LogP contribution in [-0.4, -0.2) is 37.4 Å². The number of Topliss-reactive ketones (excluding diaryl/α,β-unsaturated/α-hetero) is 1. The van der Waals surface area contributed by atoms with Gasteiger partial charge in [-0.15, -0.1) is 0 Å². The number of rotatable bonds is 7. The van der Waals surface area contributed by atoms with E-state index in [9.17, 15) is 4.79 Å². The highest BCUT2D eigenvalue weighted by Crippen LogP contribution is 2.06. The van der Waals surface area contributed by atoms with E-state index < -0.39 is 0 Å². The van der Waals surface area contributed by atoms with Crippen molar-refractivity contribution in [2.24, 2.45) is 5.84 Å². The van der Waals surface area contributed by atoms with Crippen molar-refractivity contribution in [2.45, 2.75) is 32.2 Å². The van der Waals surface area contributed by atoms with Crippen LogP contribution >= 0.6 is 0 Å². The smallest absolute Gasteiger partial charge is 0.146 e. The molecular weight excluding hydrogens is 166 g/mol. The van der Waals surface area contributed by atoms with Crippen LogP contribution in [-0.2, 0) is 4.79 Å². The number of unbranched alkanes of at least 4 members (excludes halogenated alkanes) is 1. The molecule has 3 N–H and O–H groups in total. The standard InChI is InChI=1S/C9H21N3O/c1-8(13)9(12(2)3)6-4-5-7-11-10/h9,11H,4-7,10H2,1-3H3. The SMILES string of the molecule is CC(=O)C(CCCCNN)N(C)C. The third-order valence-electron chi connectivity index (χ3n) is 2.14. The van der Waals surface area contributed by atoms with Gasteiger partial charge in [-0.3, -0.25) is 21.0 Å². The summed E-state index contributed by atoms with van der Waals surface area (Å²) in [6.45, 7) is 2.46. The van der Waals surface area contributed by atoms with E-state index in [-0.39, 0.29) is 11.8 Å². The number of nitrogens with zero attached hydrogens (tertiary/aromatic N) is 1. The van der Waals surface area contributed by atoms with Crippen molar-refractivity contribution in [3.63, 3.8) is 0 Å². The van der Waals surface area contributed by atoms with E-state index >= 15 is 0 Å². The minimum Gasteiger partial charge on any atom is -0.300 e. The molecule has 0 fully saturated rings. The Hall–Kier alpha value is -0.450. The number of hydrogen-bond acceptors (Lipinski definition) is 4. The van der Waals surface area contributed by atoms with Gasteiger partial charge < -0.3 is 0 Å². The minimum atomic E-state index is 0.0674. The normalized spacial score (nSPS) is 13.3. The van der Waals surface area contributed by atoms with E-state index in [1.807, 2.05) is 19.0 Å². The molecule has 4 nitrogen and oxygen atoms in total. The Kier molecular flexibility index (Phi) is 6.76. The largest absolute Gasteiger partial charge is 0.300 e. The fourth-order valence-electron chi connectivity index (χ4n) is 1.39. The quantitative estimate of drug-likeness (QED) is 0.338. The van der Waals surface area contributed by atoms with Gasteiger partial charge in [-0.05, 0) is 33.9 Å². The topological polar surface area (TPSA) is 58.4 Å². The van der Waals surface area contributed by atoms with Crippen LogP contribution in [0.5, 0.6) is 0 Å². The second-order valence-corrected chi connectivity index (χ2v) is 3.54. The maximum absolute atomic E-state index is 11.2. The number of likely N-dealkylation sites (N-methyl/N-ethyl adjacent to an activating group) is 1. The highest BCUT2D eigenvalue weighted by atomic mass is 16.1. The molecule has 0 aromatic carbocycles. The van der Waals surface area contributed by atoms with Gasteiger partial charge in [0.2, 0.25) is 0 Å². The van der Waals surface area contributed by atoms with Crippen LogP contribution in [0.2, 0.25) is 0 Å². The summed E-state index contributed by atoms with van der Waals surface area (Å²) in [5, 5.41) is 0. The van der Waals surface area contributed by atoms with Crippen molar-refractivity contribution in [1.29, 1.82) is 0 Å². The molecule has 0 aromatic heterocycles. The third-order valence-corrected chi connectivity index (χ3v) is 2.14. The van der Waals surface area contributed by atoms with Gasteiger partial charge in [0.15, 0.2) is 0 Å².